The molecule has 0 aliphatic heterocycles. The van der Waals surface area contributed by atoms with Gasteiger partial charge >= 0.3 is 0 Å². The molecule has 2 aromatic carbocycles. The Morgan fingerprint density at radius 2 is 1.58 bits per heavy atom. The number of para-hydroxylation sites is 1. The first-order valence-corrected chi connectivity index (χ1v) is 8.44. The number of hydrogen-bond acceptors (Lipinski definition) is 3. The SMILES string of the molecule is O=C1c2cnccc2C(=O)c2c1c1ccccc1n2Cc1ccccc1. The van der Waals surface area contributed by atoms with Crippen LogP contribution in [0.5, 0.6) is 0 Å². The maximum absolute atomic E-state index is 13.2. The second-order valence-corrected chi connectivity index (χ2v) is 6.39. The number of carbonyl (C=O) groups is 2. The molecule has 124 valence electrons. The van der Waals surface area contributed by atoms with Crippen molar-refractivity contribution in [1.82, 2.24) is 9.55 Å². The molecular weight excluding hydrogens is 324 g/mol. The van der Waals surface area contributed by atoms with E-state index in [9.17, 15) is 9.59 Å². The van der Waals surface area contributed by atoms with Gasteiger partial charge in [0, 0.05) is 35.4 Å². The number of carbonyl (C=O) groups excluding carboxylic acids is 2. The highest BCUT2D eigenvalue weighted by molar-refractivity contribution is 6.32. The number of nitrogens with zero attached hydrogens (tertiary/aromatic N) is 2. The van der Waals surface area contributed by atoms with E-state index in [4.69, 9.17) is 0 Å². The summed E-state index contributed by atoms with van der Waals surface area (Å²) in [7, 11) is 0. The number of hydrogen-bond donors (Lipinski definition) is 0. The molecule has 0 radical (unpaired) electrons. The third-order valence-electron chi connectivity index (χ3n) is 4.91. The first-order chi connectivity index (χ1) is 12.8. The summed E-state index contributed by atoms with van der Waals surface area (Å²) in [6, 6.07) is 19.3. The summed E-state index contributed by atoms with van der Waals surface area (Å²) in [6.07, 6.45) is 3.04. The molecule has 0 spiro atoms. The molecule has 0 bridgehead atoms. The van der Waals surface area contributed by atoms with E-state index in [1.54, 1.807) is 12.3 Å². The van der Waals surface area contributed by atoms with Gasteiger partial charge in [0.15, 0.2) is 5.78 Å². The van der Waals surface area contributed by atoms with E-state index in [1.165, 1.54) is 6.20 Å². The van der Waals surface area contributed by atoms with Gasteiger partial charge in [0.1, 0.15) is 5.69 Å². The van der Waals surface area contributed by atoms with E-state index in [0.717, 1.165) is 16.5 Å². The van der Waals surface area contributed by atoms with Gasteiger partial charge in [-0.1, -0.05) is 48.5 Å². The largest absolute Gasteiger partial charge is 0.333 e. The summed E-state index contributed by atoms with van der Waals surface area (Å²) in [4.78, 5) is 30.4. The number of ketones is 2. The molecule has 1 aliphatic rings. The zero-order valence-corrected chi connectivity index (χ0v) is 13.8. The minimum absolute atomic E-state index is 0.121. The van der Waals surface area contributed by atoms with Crippen molar-refractivity contribution in [3.05, 3.63) is 101 Å². The molecule has 0 atom stereocenters. The van der Waals surface area contributed by atoms with Crippen LogP contribution in [0.25, 0.3) is 10.9 Å². The fourth-order valence-electron chi connectivity index (χ4n) is 3.74. The molecule has 0 saturated carbocycles. The molecule has 2 aromatic heterocycles. The van der Waals surface area contributed by atoms with E-state index in [1.807, 2.05) is 59.2 Å². The van der Waals surface area contributed by atoms with Crippen LogP contribution in [0, 0.1) is 0 Å². The highest BCUT2D eigenvalue weighted by atomic mass is 16.1. The predicted octanol–water partition coefficient (Wildman–Crippen LogP) is 3.86. The van der Waals surface area contributed by atoms with Crippen molar-refractivity contribution in [2.75, 3.05) is 0 Å². The molecule has 0 saturated heterocycles. The van der Waals surface area contributed by atoms with Gasteiger partial charge in [0.2, 0.25) is 5.78 Å². The molecule has 4 heteroatoms. The van der Waals surface area contributed by atoms with E-state index >= 15 is 0 Å². The monoisotopic (exact) mass is 338 g/mol. The van der Waals surface area contributed by atoms with E-state index < -0.39 is 0 Å². The van der Waals surface area contributed by atoms with Crippen LogP contribution >= 0.6 is 0 Å². The first-order valence-electron chi connectivity index (χ1n) is 8.44. The summed E-state index contributed by atoms with van der Waals surface area (Å²) in [5.41, 5.74) is 3.74. The van der Waals surface area contributed by atoms with Crippen LogP contribution in [0.3, 0.4) is 0 Å². The standard InChI is InChI=1S/C22H14N2O2/c25-21-17-12-23-11-10-15(17)22(26)20-19(21)16-8-4-5-9-18(16)24(20)13-14-6-2-1-3-7-14/h1-12H,13H2. The number of benzene rings is 2. The lowest BCUT2D eigenvalue weighted by Crippen LogP contribution is -2.23. The van der Waals surface area contributed by atoms with Crippen molar-refractivity contribution < 1.29 is 9.59 Å². The van der Waals surface area contributed by atoms with Crippen molar-refractivity contribution in [3.8, 4) is 0 Å². The Hall–Kier alpha value is -3.53. The Balaban J connectivity index is 1.82. The minimum atomic E-state index is -0.134. The Labute approximate surface area is 149 Å². The normalized spacial score (nSPS) is 12.9. The van der Waals surface area contributed by atoms with Gasteiger partial charge in [0.25, 0.3) is 0 Å². The lowest BCUT2D eigenvalue weighted by molar-refractivity contribution is 0.0974. The molecule has 1 aliphatic carbocycles. The van der Waals surface area contributed by atoms with Gasteiger partial charge < -0.3 is 4.57 Å². The van der Waals surface area contributed by atoms with E-state index in [-0.39, 0.29) is 11.6 Å². The smallest absolute Gasteiger partial charge is 0.211 e. The maximum atomic E-state index is 13.2. The number of aromatic nitrogens is 2. The second-order valence-electron chi connectivity index (χ2n) is 6.39. The van der Waals surface area contributed by atoms with Crippen LogP contribution in [0.15, 0.2) is 73.1 Å². The minimum Gasteiger partial charge on any atom is -0.333 e. The molecular formula is C22H14N2O2. The molecule has 5 rings (SSSR count). The molecule has 0 fully saturated rings. The van der Waals surface area contributed by atoms with Gasteiger partial charge in [-0.25, -0.2) is 0 Å². The first kappa shape index (κ1) is 14.8. The summed E-state index contributed by atoms with van der Waals surface area (Å²) in [6.45, 7) is 0.538. The summed E-state index contributed by atoms with van der Waals surface area (Å²) >= 11 is 0. The highest BCUT2D eigenvalue weighted by Gasteiger charge is 2.35. The lowest BCUT2D eigenvalue weighted by Gasteiger charge is -2.17. The molecule has 4 nitrogen and oxygen atoms in total. The van der Waals surface area contributed by atoms with Crippen molar-refractivity contribution >= 4 is 22.5 Å². The lowest BCUT2D eigenvalue weighted by atomic mass is 9.88. The predicted molar refractivity (Wildman–Crippen MR) is 98.6 cm³/mol. The Kier molecular flexibility index (Phi) is 3.12. The molecule has 2 heterocycles. The average Bonchev–Trinajstić information content (AvgIpc) is 3.02. The van der Waals surface area contributed by atoms with Crippen molar-refractivity contribution in [2.45, 2.75) is 6.54 Å². The van der Waals surface area contributed by atoms with E-state index in [0.29, 0.717) is 28.9 Å². The molecule has 4 aromatic rings. The van der Waals surface area contributed by atoms with Crippen LogP contribution in [0.1, 0.15) is 37.5 Å². The highest BCUT2D eigenvalue weighted by Crippen LogP contribution is 2.35. The third kappa shape index (κ3) is 1.99. The van der Waals surface area contributed by atoms with Gasteiger partial charge in [-0.3, -0.25) is 14.6 Å². The van der Waals surface area contributed by atoms with Crippen LogP contribution < -0.4 is 0 Å². The van der Waals surface area contributed by atoms with Gasteiger partial charge in [-0.05, 0) is 17.7 Å². The van der Waals surface area contributed by atoms with Crippen LogP contribution in [-0.4, -0.2) is 21.1 Å². The Morgan fingerprint density at radius 1 is 0.808 bits per heavy atom. The zero-order chi connectivity index (χ0) is 17.7. The fourth-order valence-corrected chi connectivity index (χ4v) is 3.74. The van der Waals surface area contributed by atoms with E-state index in [2.05, 4.69) is 4.98 Å². The molecule has 26 heavy (non-hydrogen) atoms. The molecule has 0 N–H and O–H groups in total. The maximum Gasteiger partial charge on any atom is 0.211 e. The quantitative estimate of drug-likeness (QED) is 0.491. The fraction of sp³-hybridized carbons (Fsp3) is 0.0455. The van der Waals surface area contributed by atoms with Crippen LogP contribution in [0.4, 0.5) is 0 Å². The topological polar surface area (TPSA) is 52.0 Å². The average molecular weight is 338 g/mol. The third-order valence-corrected chi connectivity index (χ3v) is 4.91. The van der Waals surface area contributed by atoms with Gasteiger partial charge in [-0.2, -0.15) is 0 Å². The molecule has 0 amide bonds. The van der Waals surface area contributed by atoms with Crippen LogP contribution in [0.2, 0.25) is 0 Å². The number of pyridine rings is 1. The molecule has 0 unspecified atom stereocenters. The zero-order valence-electron chi connectivity index (χ0n) is 13.8. The van der Waals surface area contributed by atoms with Crippen LogP contribution in [-0.2, 0) is 6.54 Å². The summed E-state index contributed by atoms with van der Waals surface area (Å²) in [5, 5.41) is 0.811. The van der Waals surface area contributed by atoms with Crippen molar-refractivity contribution in [2.24, 2.45) is 0 Å². The van der Waals surface area contributed by atoms with Crippen molar-refractivity contribution in [1.29, 1.82) is 0 Å². The van der Waals surface area contributed by atoms with Crippen molar-refractivity contribution in [3.63, 3.8) is 0 Å². The Morgan fingerprint density at radius 3 is 2.42 bits per heavy atom. The summed E-state index contributed by atoms with van der Waals surface area (Å²) < 4.78 is 1.96. The number of rotatable bonds is 2. The van der Waals surface area contributed by atoms with Gasteiger partial charge in [-0.15, -0.1) is 0 Å². The Bertz CT molecular complexity index is 1190. The van der Waals surface area contributed by atoms with Gasteiger partial charge in [0.05, 0.1) is 11.1 Å². The second kappa shape index (κ2) is 5.49. The number of fused-ring (bicyclic) bond motifs is 4. The summed E-state index contributed by atoms with van der Waals surface area (Å²) in [5.74, 6) is -0.255.